The molecule has 2 aromatic rings. The first-order valence-electron chi connectivity index (χ1n) is 8.38. The van der Waals surface area contributed by atoms with E-state index in [-0.39, 0.29) is 6.04 Å². The van der Waals surface area contributed by atoms with E-state index in [1.54, 1.807) is 32.0 Å². The summed E-state index contributed by atoms with van der Waals surface area (Å²) in [6, 6.07) is 6.17. The summed E-state index contributed by atoms with van der Waals surface area (Å²) in [6.45, 7) is 5.21. The number of amides is 2. The number of nitrogens with zero attached hydrogens (tertiary/aromatic N) is 1. The molecule has 1 atom stereocenters. The van der Waals surface area contributed by atoms with Crippen LogP contribution in [0.25, 0.3) is 0 Å². The van der Waals surface area contributed by atoms with Gasteiger partial charge in [-0.3, -0.25) is 24.7 Å². The summed E-state index contributed by atoms with van der Waals surface area (Å²) in [7, 11) is -3.39. The number of anilines is 1. The number of hydrazine groups is 1. The van der Waals surface area contributed by atoms with Gasteiger partial charge in [-0.15, -0.1) is 0 Å². The number of fused-ring (bicyclic) bond motifs is 1. The third-order valence-electron chi connectivity index (χ3n) is 4.43. The van der Waals surface area contributed by atoms with E-state index in [4.69, 9.17) is 4.42 Å². The van der Waals surface area contributed by atoms with Gasteiger partial charge in [-0.1, -0.05) is 0 Å². The van der Waals surface area contributed by atoms with Gasteiger partial charge in [0.25, 0.3) is 11.8 Å². The number of rotatable bonds is 3. The molecule has 0 saturated heterocycles. The predicted octanol–water partition coefficient (Wildman–Crippen LogP) is 1.68. The highest BCUT2D eigenvalue weighted by Crippen LogP contribution is 2.34. The molecule has 1 aliphatic rings. The average Bonchev–Trinajstić information content (AvgIpc) is 3.08. The molecule has 144 valence electrons. The molecule has 2 heterocycles. The van der Waals surface area contributed by atoms with Crippen LogP contribution in [0.4, 0.5) is 5.69 Å². The summed E-state index contributed by atoms with van der Waals surface area (Å²) in [5.74, 6) is 0.101. The molecule has 1 aromatic heterocycles. The first kappa shape index (κ1) is 19.0. The smallest absolute Gasteiger partial charge is 0.273 e. The average molecular weight is 391 g/mol. The molecule has 2 N–H and O–H groups in total. The number of carbonyl (C=O) groups is 2. The highest BCUT2D eigenvalue weighted by molar-refractivity contribution is 7.92. The molecule has 0 unspecified atom stereocenters. The molecule has 3 rings (SSSR count). The lowest BCUT2D eigenvalue weighted by Gasteiger charge is -2.21. The van der Waals surface area contributed by atoms with Gasteiger partial charge < -0.3 is 4.42 Å². The number of nitrogens with one attached hydrogen (secondary N) is 2. The predicted molar refractivity (Wildman–Crippen MR) is 100 cm³/mol. The zero-order valence-electron chi connectivity index (χ0n) is 15.5. The van der Waals surface area contributed by atoms with Crippen molar-refractivity contribution in [1.82, 2.24) is 10.9 Å². The van der Waals surface area contributed by atoms with Crippen molar-refractivity contribution in [3.8, 4) is 0 Å². The van der Waals surface area contributed by atoms with Crippen molar-refractivity contribution in [3.05, 3.63) is 52.5 Å². The van der Waals surface area contributed by atoms with Crippen LogP contribution in [0.3, 0.4) is 0 Å². The van der Waals surface area contributed by atoms with Crippen LogP contribution in [-0.2, 0) is 16.4 Å². The van der Waals surface area contributed by atoms with Gasteiger partial charge >= 0.3 is 0 Å². The van der Waals surface area contributed by atoms with Gasteiger partial charge in [0.15, 0.2) is 0 Å². The zero-order valence-corrected chi connectivity index (χ0v) is 16.3. The van der Waals surface area contributed by atoms with Gasteiger partial charge in [0.2, 0.25) is 10.0 Å². The summed E-state index contributed by atoms with van der Waals surface area (Å²) < 4.78 is 30.6. The van der Waals surface area contributed by atoms with E-state index in [0.717, 1.165) is 11.8 Å². The van der Waals surface area contributed by atoms with E-state index in [9.17, 15) is 18.0 Å². The maximum atomic E-state index is 12.3. The minimum Gasteiger partial charge on any atom is -0.466 e. The Morgan fingerprint density at radius 1 is 1.15 bits per heavy atom. The molecule has 1 aromatic carbocycles. The summed E-state index contributed by atoms with van der Waals surface area (Å²) in [6.07, 6.45) is 1.68. The highest BCUT2D eigenvalue weighted by atomic mass is 32.2. The number of hydrogen-bond donors (Lipinski definition) is 2. The first-order valence-corrected chi connectivity index (χ1v) is 10.2. The second-order valence-electron chi connectivity index (χ2n) is 6.69. The van der Waals surface area contributed by atoms with Crippen LogP contribution in [0, 0.1) is 13.8 Å². The quantitative estimate of drug-likeness (QED) is 0.774. The third-order valence-corrected chi connectivity index (χ3v) is 5.70. The Balaban J connectivity index is 1.73. The largest absolute Gasteiger partial charge is 0.466 e. The molecule has 0 aliphatic carbocycles. The third kappa shape index (κ3) is 3.68. The molecule has 1 aliphatic heterocycles. The Kier molecular flexibility index (Phi) is 4.73. The molecule has 0 saturated carbocycles. The second kappa shape index (κ2) is 6.73. The second-order valence-corrected chi connectivity index (χ2v) is 8.55. The number of hydrogen-bond acceptors (Lipinski definition) is 5. The SMILES string of the molecule is Cc1cc(C(=O)NNC(=O)c2ccc3c(c2)C[C@@H](C)N3S(C)(=O)=O)c(C)o1. The summed E-state index contributed by atoms with van der Waals surface area (Å²) in [5.41, 5.74) is 6.75. The van der Waals surface area contributed by atoms with Crippen LogP contribution in [0.1, 0.15) is 44.7 Å². The Morgan fingerprint density at radius 3 is 2.41 bits per heavy atom. The van der Waals surface area contributed by atoms with Crippen molar-refractivity contribution in [2.45, 2.75) is 33.2 Å². The Hall–Kier alpha value is -2.81. The normalized spacial score (nSPS) is 16.1. The Morgan fingerprint density at radius 2 is 1.81 bits per heavy atom. The zero-order chi connectivity index (χ0) is 19.9. The summed E-state index contributed by atoms with van der Waals surface area (Å²) in [5, 5.41) is 0. The van der Waals surface area contributed by atoms with Gasteiger partial charge in [0.1, 0.15) is 11.5 Å². The van der Waals surface area contributed by atoms with Gasteiger partial charge in [0.05, 0.1) is 17.5 Å². The topological polar surface area (TPSA) is 109 Å². The lowest BCUT2D eigenvalue weighted by molar-refractivity contribution is 0.0845. The van der Waals surface area contributed by atoms with Crippen LogP contribution in [0.5, 0.6) is 0 Å². The van der Waals surface area contributed by atoms with Crippen molar-refractivity contribution < 1.29 is 22.4 Å². The lowest BCUT2D eigenvalue weighted by Crippen LogP contribution is -2.41. The molecule has 27 heavy (non-hydrogen) atoms. The fourth-order valence-corrected chi connectivity index (χ4v) is 4.62. The van der Waals surface area contributed by atoms with E-state index in [1.165, 1.54) is 10.4 Å². The Bertz CT molecular complexity index is 1030. The van der Waals surface area contributed by atoms with Crippen LogP contribution < -0.4 is 15.2 Å². The number of sulfonamides is 1. The van der Waals surface area contributed by atoms with Crippen molar-refractivity contribution in [3.63, 3.8) is 0 Å². The van der Waals surface area contributed by atoms with Crippen molar-refractivity contribution in [2.75, 3.05) is 10.6 Å². The van der Waals surface area contributed by atoms with Crippen molar-refractivity contribution in [1.29, 1.82) is 0 Å². The van der Waals surface area contributed by atoms with Crippen LogP contribution >= 0.6 is 0 Å². The molecule has 0 bridgehead atoms. The van der Waals surface area contributed by atoms with E-state index in [2.05, 4.69) is 10.9 Å². The van der Waals surface area contributed by atoms with Crippen molar-refractivity contribution in [2.24, 2.45) is 0 Å². The molecule has 0 fully saturated rings. The fourth-order valence-electron chi connectivity index (χ4n) is 3.36. The standard InChI is InChI=1S/C18H21N3O5S/c1-10-7-14-9-13(5-6-16(14)21(10)27(4,24)25)17(22)19-20-18(23)15-8-11(2)26-12(15)3/h5-6,8-10H,7H2,1-4H3,(H,19,22)(H,20,23)/t10-/m1/s1. The van der Waals surface area contributed by atoms with Gasteiger partial charge in [-0.2, -0.15) is 0 Å². The molecular weight excluding hydrogens is 370 g/mol. The molecule has 2 amide bonds. The monoisotopic (exact) mass is 391 g/mol. The lowest BCUT2D eigenvalue weighted by atomic mass is 10.1. The van der Waals surface area contributed by atoms with Gasteiger partial charge in [-0.25, -0.2) is 8.42 Å². The minimum atomic E-state index is -3.39. The molecule has 8 nitrogen and oxygen atoms in total. The number of aryl methyl sites for hydroxylation is 2. The summed E-state index contributed by atoms with van der Waals surface area (Å²) in [4.78, 5) is 24.5. The Labute approximate surface area is 157 Å². The fraction of sp³-hybridized carbons (Fsp3) is 0.333. The molecule has 0 spiro atoms. The van der Waals surface area contributed by atoms with Gasteiger partial charge in [-0.05, 0) is 57.0 Å². The number of benzene rings is 1. The van der Waals surface area contributed by atoms with Gasteiger partial charge in [0, 0.05) is 11.6 Å². The first-order chi connectivity index (χ1) is 12.6. The maximum absolute atomic E-state index is 12.3. The maximum Gasteiger partial charge on any atom is 0.273 e. The summed E-state index contributed by atoms with van der Waals surface area (Å²) >= 11 is 0. The molecule has 9 heteroatoms. The number of furan rings is 1. The van der Waals surface area contributed by atoms with Crippen LogP contribution in [0.2, 0.25) is 0 Å². The van der Waals surface area contributed by atoms with E-state index in [0.29, 0.717) is 34.8 Å². The number of carbonyl (C=O) groups excluding carboxylic acids is 2. The minimum absolute atomic E-state index is 0.208. The van der Waals surface area contributed by atoms with E-state index >= 15 is 0 Å². The molecule has 0 radical (unpaired) electrons. The van der Waals surface area contributed by atoms with Crippen LogP contribution in [0.15, 0.2) is 28.7 Å². The van der Waals surface area contributed by atoms with E-state index in [1.807, 2.05) is 6.92 Å². The highest BCUT2D eigenvalue weighted by Gasteiger charge is 2.32. The van der Waals surface area contributed by atoms with Crippen LogP contribution in [-0.4, -0.2) is 32.5 Å². The van der Waals surface area contributed by atoms with E-state index < -0.39 is 21.8 Å². The molecular formula is C18H21N3O5S. The van der Waals surface area contributed by atoms with Crippen molar-refractivity contribution >= 4 is 27.5 Å².